The van der Waals surface area contributed by atoms with Crippen LogP contribution < -0.4 is 5.32 Å². The molecule has 0 bridgehead atoms. The smallest absolute Gasteiger partial charge is 0.257 e. The highest BCUT2D eigenvalue weighted by atomic mass is 35.5. The van der Waals surface area contributed by atoms with E-state index in [2.05, 4.69) is 10.3 Å². The molecule has 3 rings (SSSR count). The molecule has 0 saturated carbocycles. The Morgan fingerprint density at radius 3 is 2.75 bits per heavy atom. The van der Waals surface area contributed by atoms with Gasteiger partial charge in [-0.3, -0.25) is 4.79 Å². The average molecular weight is 285 g/mol. The van der Waals surface area contributed by atoms with E-state index >= 15 is 0 Å². The zero-order chi connectivity index (χ0) is 14.1. The van der Waals surface area contributed by atoms with E-state index in [-0.39, 0.29) is 5.91 Å². The zero-order valence-corrected chi connectivity index (χ0v) is 11.7. The number of rotatable bonds is 2. The van der Waals surface area contributed by atoms with Gasteiger partial charge in [0.1, 0.15) is 0 Å². The molecule has 2 N–H and O–H groups in total. The summed E-state index contributed by atoms with van der Waals surface area (Å²) in [6, 6.07) is 14.8. The van der Waals surface area contributed by atoms with E-state index < -0.39 is 0 Å². The Morgan fingerprint density at radius 1 is 1.15 bits per heavy atom. The summed E-state index contributed by atoms with van der Waals surface area (Å²) in [5, 5.41) is 4.38. The number of aromatic amines is 1. The number of aryl methyl sites for hydroxylation is 1. The fourth-order valence-electron chi connectivity index (χ4n) is 2.20. The molecule has 0 radical (unpaired) electrons. The molecular formula is C16H13ClN2O. The van der Waals surface area contributed by atoms with E-state index in [0.29, 0.717) is 10.6 Å². The van der Waals surface area contributed by atoms with Crippen molar-refractivity contribution in [3.8, 4) is 0 Å². The summed E-state index contributed by atoms with van der Waals surface area (Å²) in [5.41, 5.74) is 3.37. The lowest BCUT2D eigenvalue weighted by atomic mass is 10.2. The summed E-state index contributed by atoms with van der Waals surface area (Å²) in [6.45, 7) is 2.00. The maximum atomic E-state index is 12.2. The first-order valence-electron chi connectivity index (χ1n) is 6.29. The van der Waals surface area contributed by atoms with E-state index in [1.54, 1.807) is 24.3 Å². The van der Waals surface area contributed by atoms with Gasteiger partial charge >= 0.3 is 0 Å². The number of H-pyrrole nitrogens is 1. The highest BCUT2D eigenvalue weighted by Crippen LogP contribution is 2.21. The predicted molar refractivity (Wildman–Crippen MR) is 82.4 cm³/mol. The van der Waals surface area contributed by atoms with Crippen LogP contribution in [0, 0.1) is 6.92 Å². The van der Waals surface area contributed by atoms with Crippen LogP contribution in [0.25, 0.3) is 10.9 Å². The molecule has 0 atom stereocenters. The first kappa shape index (κ1) is 12.8. The highest BCUT2D eigenvalue weighted by molar-refractivity contribution is 6.34. The summed E-state index contributed by atoms with van der Waals surface area (Å²) >= 11 is 6.02. The third-order valence-electron chi connectivity index (χ3n) is 3.13. The fourth-order valence-corrected chi connectivity index (χ4v) is 2.42. The van der Waals surface area contributed by atoms with Gasteiger partial charge in [-0.1, -0.05) is 23.7 Å². The minimum absolute atomic E-state index is 0.206. The molecule has 0 unspecified atom stereocenters. The van der Waals surface area contributed by atoms with Crippen molar-refractivity contribution in [3.63, 3.8) is 0 Å². The average Bonchev–Trinajstić information content (AvgIpc) is 2.78. The summed E-state index contributed by atoms with van der Waals surface area (Å²) in [7, 11) is 0. The number of halogens is 1. The highest BCUT2D eigenvalue weighted by Gasteiger charge is 2.10. The number of nitrogens with one attached hydrogen (secondary N) is 2. The van der Waals surface area contributed by atoms with Crippen molar-refractivity contribution >= 4 is 34.1 Å². The number of carbonyl (C=O) groups excluding carboxylic acids is 1. The van der Waals surface area contributed by atoms with Gasteiger partial charge in [0.15, 0.2) is 0 Å². The summed E-state index contributed by atoms with van der Waals surface area (Å²) in [4.78, 5) is 15.4. The molecule has 0 spiro atoms. The van der Waals surface area contributed by atoms with Crippen LogP contribution in [0.2, 0.25) is 5.02 Å². The molecule has 0 fully saturated rings. The van der Waals surface area contributed by atoms with Crippen molar-refractivity contribution in [2.24, 2.45) is 0 Å². The number of anilines is 1. The third kappa shape index (κ3) is 2.40. The zero-order valence-electron chi connectivity index (χ0n) is 10.9. The molecule has 2 aromatic carbocycles. The largest absolute Gasteiger partial charge is 0.359 e. The molecule has 1 amide bonds. The number of benzene rings is 2. The van der Waals surface area contributed by atoms with Crippen LogP contribution in [-0.2, 0) is 0 Å². The molecule has 1 aromatic heterocycles. The van der Waals surface area contributed by atoms with Gasteiger partial charge in [0.2, 0.25) is 0 Å². The molecule has 1 heterocycles. The van der Waals surface area contributed by atoms with Crippen molar-refractivity contribution in [1.29, 1.82) is 0 Å². The van der Waals surface area contributed by atoms with Crippen LogP contribution in [0.4, 0.5) is 5.69 Å². The third-order valence-corrected chi connectivity index (χ3v) is 3.46. The minimum atomic E-state index is -0.206. The van der Waals surface area contributed by atoms with Crippen LogP contribution in [0.1, 0.15) is 16.1 Å². The Balaban J connectivity index is 1.89. The Bertz CT molecular complexity index is 792. The second kappa shape index (κ2) is 5.02. The van der Waals surface area contributed by atoms with Gasteiger partial charge in [0, 0.05) is 22.3 Å². The predicted octanol–water partition coefficient (Wildman–Crippen LogP) is 4.38. The van der Waals surface area contributed by atoms with Crippen LogP contribution in [0.15, 0.2) is 48.5 Å². The van der Waals surface area contributed by atoms with Crippen LogP contribution in [-0.4, -0.2) is 10.9 Å². The Morgan fingerprint density at radius 2 is 1.95 bits per heavy atom. The van der Waals surface area contributed by atoms with Gasteiger partial charge < -0.3 is 10.3 Å². The molecular weight excluding hydrogens is 272 g/mol. The molecule has 0 aliphatic rings. The van der Waals surface area contributed by atoms with Crippen LogP contribution in [0.5, 0.6) is 0 Å². The molecule has 4 heteroatoms. The standard InChI is InChI=1S/C16H13ClN2O/c1-10-8-11-9-12(6-7-15(11)18-10)19-16(20)13-4-2-3-5-14(13)17/h2-9,18H,1H3,(H,19,20). The van der Waals surface area contributed by atoms with Crippen LogP contribution >= 0.6 is 11.6 Å². The lowest BCUT2D eigenvalue weighted by Crippen LogP contribution is -2.12. The Hall–Kier alpha value is -2.26. The lowest BCUT2D eigenvalue weighted by Gasteiger charge is -2.06. The monoisotopic (exact) mass is 284 g/mol. The minimum Gasteiger partial charge on any atom is -0.359 e. The maximum Gasteiger partial charge on any atom is 0.257 e. The summed E-state index contributed by atoms with van der Waals surface area (Å²) in [6.07, 6.45) is 0. The molecule has 0 aliphatic carbocycles. The molecule has 20 heavy (non-hydrogen) atoms. The Labute approximate surface area is 121 Å². The van der Waals surface area contributed by atoms with Gasteiger partial charge in [-0.15, -0.1) is 0 Å². The van der Waals surface area contributed by atoms with Gasteiger partial charge in [-0.25, -0.2) is 0 Å². The number of fused-ring (bicyclic) bond motifs is 1. The molecule has 0 saturated heterocycles. The lowest BCUT2D eigenvalue weighted by molar-refractivity contribution is 0.102. The van der Waals surface area contributed by atoms with Crippen molar-refractivity contribution in [1.82, 2.24) is 4.98 Å². The normalized spacial score (nSPS) is 10.7. The van der Waals surface area contributed by atoms with Crippen molar-refractivity contribution in [3.05, 3.63) is 64.8 Å². The summed E-state index contributed by atoms with van der Waals surface area (Å²) < 4.78 is 0. The van der Waals surface area contributed by atoms with E-state index in [9.17, 15) is 4.79 Å². The second-order valence-electron chi connectivity index (χ2n) is 4.69. The van der Waals surface area contributed by atoms with Gasteiger partial charge in [-0.05, 0) is 43.3 Å². The topological polar surface area (TPSA) is 44.9 Å². The number of amides is 1. The van der Waals surface area contributed by atoms with Crippen molar-refractivity contribution in [2.75, 3.05) is 5.32 Å². The van der Waals surface area contributed by atoms with E-state index in [1.807, 2.05) is 31.2 Å². The van der Waals surface area contributed by atoms with Crippen molar-refractivity contribution < 1.29 is 4.79 Å². The van der Waals surface area contributed by atoms with Crippen molar-refractivity contribution in [2.45, 2.75) is 6.92 Å². The number of carbonyl (C=O) groups is 1. The molecule has 3 nitrogen and oxygen atoms in total. The first-order valence-corrected chi connectivity index (χ1v) is 6.66. The van der Waals surface area contributed by atoms with Gasteiger partial charge in [0.25, 0.3) is 5.91 Å². The Kier molecular flexibility index (Phi) is 3.20. The number of hydrogen-bond donors (Lipinski definition) is 2. The quantitative estimate of drug-likeness (QED) is 0.720. The van der Waals surface area contributed by atoms with E-state index in [0.717, 1.165) is 22.3 Å². The second-order valence-corrected chi connectivity index (χ2v) is 5.10. The fraction of sp³-hybridized carbons (Fsp3) is 0.0625. The van der Waals surface area contributed by atoms with Crippen LogP contribution in [0.3, 0.4) is 0 Å². The van der Waals surface area contributed by atoms with Gasteiger partial charge in [-0.2, -0.15) is 0 Å². The van der Waals surface area contributed by atoms with Gasteiger partial charge in [0.05, 0.1) is 10.6 Å². The molecule has 100 valence electrons. The maximum absolute atomic E-state index is 12.2. The van der Waals surface area contributed by atoms with E-state index in [1.165, 1.54) is 0 Å². The molecule has 0 aliphatic heterocycles. The first-order chi connectivity index (χ1) is 9.63. The number of hydrogen-bond acceptors (Lipinski definition) is 1. The summed E-state index contributed by atoms with van der Waals surface area (Å²) in [5.74, 6) is -0.206. The number of aromatic nitrogens is 1. The molecule has 3 aromatic rings. The SMILES string of the molecule is Cc1cc2cc(NC(=O)c3ccccc3Cl)ccc2[nH]1. The van der Waals surface area contributed by atoms with E-state index in [4.69, 9.17) is 11.6 Å².